The van der Waals surface area contributed by atoms with Crippen molar-refractivity contribution in [1.29, 1.82) is 0 Å². The van der Waals surface area contributed by atoms with Gasteiger partial charge in [-0.2, -0.15) is 0 Å². The minimum atomic E-state index is 0.659. The number of halogens is 1. The lowest BCUT2D eigenvalue weighted by atomic mass is 10.1. The summed E-state index contributed by atoms with van der Waals surface area (Å²) in [6, 6.07) is 0. The lowest BCUT2D eigenvalue weighted by molar-refractivity contribution is 0.645. The summed E-state index contributed by atoms with van der Waals surface area (Å²) in [6.07, 6.45) is 1.05. The molecule has 2 aromatic rings. The van der Waals surface area contributed by atoms with E-state index in [2.05, 4.69) is 45.1 Å². The molecule has 5 heteroatoms. The van der Waals surface area contributed by atoms with Gasteiger partial charge in [-0.05, 0) is 21.8 Å². The Labute approximate surface area is 106 Å². The average molecular weight is 303 g/mol. The van der Waals surface area contributed by atoms with E-state index in [1.165, 1.54) is 5.01 Å². The molecule has 2 heterocycles. The highest BCUT2D eigenvalue weighted by molar-refractivity contribution is 9.10. The van der Waals surface area contributed by atoms with Crippen molar-refractivity contribution in [2.45, 2.75) is 20.3 Å². The van der Waals surface area contributed by atoms with Crippen LogP contribution in [-0.4, -0.2) is 9.97 Å². The predicted molar refractivity (Wildman–Crippen MR) is 69.5 cm³/mol. The van der Waals surface area contributed by atoms with E-state index in [9.17, 15) is 0 Å². The fourth-order valence-corrected chi connectivity index (χ4v) is 3.50. The summed E-state index contributed by atoms with van der Waals surface area (Å²) in [5, 5.41) is 6.26. The predicted octanol–water partition coefficient (Wildman–Crippen LogP) is 4.23. The van der Waals surface area contributed by atoms with Gasteiger partial charge in [-0.25, -0.2) is 9.97 Å². The van der Waals surface area contributed by atoms with Crippen LogP contribution in [0.3, 0.4) is 0 Å². The quantitative estimate of drug-likeness (QED) is 0.848. The molecule has 0 atom stereocenters. The van der Waals surface area contributed by atoms with Crippen molar-refractivity contribution in [3.8, 4) is 10.7 Å². The fraction of sp³-hybridized carbons (Fsp3) is 0.400. The summed E-state index contributed by atoms with van der Waals surface area (Å²) in [5.41, 5.74) is 1.01. The zero-order chi connectivity index (χ0) is 10.8. The van der Waals surface area contributed by atoms with Gasteiger partial charge in [0, 0.05) is 17.2 Å². The average Bonchev–Trinajstić information content (AvgIpc) is 2.72. The van der Waals surface area contributed by atoms with E-state index in [1.807, 2.05) is 5.38 Å². The van der Waals surface area contributed by atoms with Gasteiger partial charge in [0.15, 0.2) is 0 Å². The monoisotopic (exact) mass is 302 g/mol. The lowest BCUT2D eigenvalue weighted by Gasteiger charge is -1.98. The largest absolute Gasteiger partial charge is 0.239 e. The molecule has 2 rings (SSSR count). The highest BCUT2D eigenvalue weighted by Gasteiger charge is 2.09. The Morgan fingerprint density at radius 3 is 2.67 bits per heavy atom. The third kappa shape index (κ3) is 2.86. The zero-order valence-corrected chi connectivity index (χ0v) is 11.7. The van der Waals surface area contributed by atoms with Gasteiger partial charge in [-0.3, -0.25) is 0 Å². The first kappa shape index (κ1) is 11.2. The van der Waals surface area contributed by atoms with Gasteiger partial charge in [0.05, 0.1) is 5.01 Å². The van der Waals surface area contributed by atoms with Gasteiger partial charge in [0.2, 0.25) is 0 Å². The van der Waals surface area contributed by atoms with Crippen LogP contribution in [0.5, 0.6) is 0 Å². The van der Waals surface area contributed by atoms with Crippen LogP contribution >= 0.6 is 38.6 Å². The van der Waals surface area contributed by atoms with Gasteiger partial charge in [-0.1, -0.05) is 13.8 Å². The molecule has 80 valence electrons. The van der Waals surface area contributed by atoms with Crippen molar-refractivity contribution >= 4 is 38.6 Å². The SMILES string of the molecule is CC(C)Cc1nc(-c2nc(Br)cs2)cs1. The first-order valence-electron chi connectivity index (χ1n) is 4.71. The lowest BCUT2D eigenvalue weighted by Crippen LogP contribution is -1.92. The van der Waals surface area contributed by atoms with E-state index in [1.54, 1.807) is 22.7 Å². The molecular weight excluding hydrogens is 292 g/mol. The van der Waals surface area contributed by atoms with Gasteiger partial charge < -0.3 is 0 Å². The molecule has 0 amide bonds. The smallest absolute Gasteiger partial charge is 0.144 e. The van der Waals surface area contributed by atoms with E-state index in [4.69, 9.17) is 0 Å². The molecule has 0 aliphatic carbocycles. The molecule has 0 bridgehead atoms. The third-order valence-electron chi connectivity index (χ3n) is 1.83. The first-order valence-corrected chi connectivity index (χ1v) is 7.26. The van der Waals surface area contributed by atoms with Crippen LogP contribution in [0.25, 0.3) is 10.7 Å². The molecule has 0 N–H and O–H groups in total. The summed E-state index contributed by atoms with van der Waals surface area (Å²) in [5.74, 6) is 0.659. The van der Waals surface area contributed by atoms with Crippen molar-refractivity contribution in [2.75, 3.05) is 0 Å². The molecule has 0 aliphatic heterocycles. The second-order valence-electron chi connectivity index (χ2n) is 3.70. The maximum Gasteiger partial charge on any atom is 0.144 e. The van der Waals surface area contributed by atoms with E-state index in [0.29, 0.717) is 5.92 Å². The molecule has 0 aliphatic rings. The van der Waals surface area contributed by atoms with Crippen LogP contribution in [0.2, 0.25) is 0 Å². The maximum atomic E-state index is 4.58. The highest BCUT2D eigenvalue weighted by Crippen LogP contribution is 2.27. The molecule has 0 fully saturated rings. The summed E-state index contributed by atoms with van der Waals surface area (Å²) in [7, 11) is 0. The van der Waals surface area contributed by atoms with Gasteiger partial charge in [0.25, 0.3) is 0 Å². The topological polar surface area (TPSA) is 25.8 Å². The number of aromatic nitrogens is 2. The Hall–Kier alpha value is -0.260. The van der Waals surface area contributed by atoms with Crippen LogP contribution in [0.1, 0.15) is 18.9 Å². The molecule has 2 nitrogen and oxygen atoms in total. The molecule has 0 spiro atoms. The minimum absolute atomic E-state index is 0.659. The van der Waals surface area contributed by atoms with Crippen LogP contribution < -0.4 is 0 Å². The van der Waals surface area contributed by atoms with Gasteiger partial charge in [-0.15, -0.1) is 22.7 Å². The van der Waals surface area contributed by atoms with E-state index in [0.717, 1.165) is 21.7 Å². The zero-order valence-electron chi connectivity index (χ0n) is 8.53. The van der Waals surface area contributed by atoms with Crippen molar-refractivity contribution in [3.05, 3.63) is 20.4 Å². The number of hydrogen-bond donors (Lipinski definition) is 0. The Kier molecular flexibility index (Phi) is 3.53. The van der Waals surface area contributed by atoms with Gasteiger partial charge in [0.1, 0.15) is 15.3 Å². The minimum Gasteiger partial charge on any atom is -0.239 e. The van der Waals surface area contributed by atoms with Crippen molar-refractivity contribution in [1.82, 2.24) is 9.97 Å². The number of rotatable bonds is 3. The molecule has 0 aromatic carbocycles. The molecule has 0 saturated carbocycles. The Bertz CT molecular complexity index is 448. The van der Waals surface area contributed by atoms with Gasteiger partial charge >= 0.3 is 0 Å². The summed E-state index contributed by atoms with van der Waals surface area (Å²) >= 11 is 6.69. The van der Waals surface area contributed by atoms with Crippen molar-refractivity contribution < 1.29 is 0 Å². The van der Waals surface area contributed by atoms with E-state index < -0.39 is 0 Å². The Balaban J connectivity index is 2.20. The third-order valence-corrected chi connectivity index (χ3v) is 4.28. The number of nitrogens with zero attached hydrogens (tertiary/aromatic N) is 2. The molecule has 0 radical (unpaired) electrons. The van der Waals surface area contributed by atoms with Crippen molar-refractivity contribution in [3.63, 3.8) is 0 Å². The molecule has 0 unspecified atom stereocenters. The highest BCUT2D eigenvalue weighted by atomic mass is 79.9. The standard InChI is InChI=1S/C10H11BrN2S2/c1-6(2)3-9-12-7(4-14-9)10-13-8(11)5-15-10/h4-6H,3H2,1-2H3. The summed E-state index contributed by atoms with van der Waals surface area (Å²) in [6.45, 7) is 4.42. The second kappa shape index (κ2) is 4.72. The van der Waals surface area contributed by atoms with Crippen LogP contribution in [0, 0.1) is 5.92 Å². The van der Waals surface area contributed by atoms with Crippen LogP contribution in [0.15, 0.2) is 15.4 Å². The van der Waals surface area contributed by atoms with E-state index in [-0.39, 0.29) is 0 Å². The normalized spacial score (nSPS) is 11.2. The molecule has 2 aromatic heterocycles. The molecule has 15 heavy (non-hydrogen) atoms. The number of thiazole rings is 2. The van der Waals surface area contributed by atoms with Crippen LogP contribution in [0.4, 0.5) is 0 Å². The summed E-state index contributed by atoms with van der Waals surface area (Å²) < 4.78 is 0.890. The Morgan fingerprint density at radius 2 is 2.07 bits per heavy atom. The fourth-order valence-electron chi connectivity index (χ4n) is 1.22. The second-order valence-corrected chi connectivity index (χ2v) is 6.31. The van der Waals surface area contributed by atoms with E-state index >= 15 is 0 Å². The number of hydrogen-bond acceptors (Lipinski definition) is 4. The first-order chi connectivity index (χ1) is 7.15. The maximum absolute atomic E-state index is 4.58. The Morgan fingerprint density at radius 1 is 1.27 bits per heavy atom. The van der Waals surface area contributed by atoms with Crippen molar-refractivity contribution in [2.24, 2.45) is 5.92 Å². The van der Waals surface area contributed by atoms with Crippen LogP contribution in [-0.2, 0) is 6.42 Å². The summed E-state index contributed by atoms with van der Waals surface area (Å²) in [4.78, 5) is 8.93. The molecular formula is C10H11BrN2S2. The molecule has 0 saturated heterocycles.